The van der Waals surface area contributed by atoms with Gasteiger partial charge in [0.2, 0.25) is 0 Å². The molecule has 3 aromatic heterocycles. The number of hydrogen-bond acceptors (Lipinski definition) is 6. The van der Waals surface area contributed by atoms with Crippen molar-refractivity contribution in [3.63, 3.8) is 0 Å². The molecule has 0 saturated carbocycles. The van der Waals surface area contributed by atoms with Crippen molar-refractivity contribution in [3.8, 4) is 16.9 Å². The van der Waals surface area contributed by atoms with E-state index < -0.39 is 0 Å². The van der Waals surface area contributed by atoms with E-state index >= 15 is 0 Å². The van der Waals surface area contributed by atoms with E-state index in [0.717, 1.165) is 39.8 Å². The number of rotatable bonds is 8. The molecule has 0 spiro atoms. The van der Waals surface area contributed by atoms with Gasteiger partial charge in [0.1, 0.15) is 11.5 Å². The highest BCUT2D eigenvalue weighted by atomic mass is 32.2. The van der Waals surface area contributed by atoms with Crippen molar-refractivity contribution >= 4 is 23.3 Å². The highest BCUT2D eigenvalue weighted by Crippen LogP contribution is 2.26. The highest BCUT2D eigenvalue weighted by Gasteiger charge is 2.16. The Bertz CT molecular complexity index is 1140. The number of carbonyl (C=O) groups excluding carboxylic acids is 1. The third-order valence-electron chi connectivity index (χ3n) is 4.77. The van der Waals surface area contributed by atoms with Crippen LogP contribution in [0.25, 0.3) is 16.8 Å². The average Bonchev–Trinajstić information content (AvgIpc) is 3.44. The minimum absolute atomic E-state index is 0.151. The molecule has 0 bridgehead atoms. The predicted octanol–water partition coefficient (Wildman–Crippen LogP) is 3.97. The number of methoxy groups -OCH3 is 1. The number of aryl methyl sites for hydroxylation is 1. The maximum Gasteiger partial charge on any atom is 0.254 e. The second-order valence-corrected chi connectivity index (χ2v) is 7.77. The molecule has 154 valence electrons. The van der Waals surface area contributed by atoms with Gasteiger partial charge >= 0.3 is 0 Å². The summed E-state index contributed by atoms with van der Waals surface area (Å²) in [6.45, 7) is 2.44. The van der Waals surface area contributed by atoms with Gasteiger partial charge in [-0.1, -0.05) is 12.1 Å². The van der Waals surface area contributed by atoms with Gasteiger partial charge in [0.15, 0.2) is 5.65 Å². The summed E-state index contributed by atoms with van der Waals surface area (Å²) in [5.41, 5.74) is 3.87. The van der Waals surface area contributed by atoms with Gasteiger partial charge in [0, 0.05) is 24.1 Å². The monoisotopic (exact) mass is 422 g/mol. The van der Waals surface area contributed by atoms with Gasteiger partial charge in [-0.15, -0.1) is 0 Å². The number of aromatic nitrogens is 3. The normalized spacial score (nSPS) is 11.0. The minimum Gasteiger partial charge on any atom is -0.497 e. The van der Waals surface area contributed by atoms with E-state index in [0.29, 0.717) is 17.8 Å². The van der Waals surface area contributed by atoms with Crippen molar-refractivity contribution in [1.29, 1.82) is 0 Å². The lowest BCUT2D eigenvalue weighted by atomic mass is 10.1. The van der Waals surface area contributed by atoms with E-state index in [9.17, 15) is 4.79 Å². The zero-order valence-corrected chi connectivity index (χ0v) is 17.6. The van der Waals surface area contributed by atoms with Crippen LogP contribution in [-0.4, -0.2) is 39.9 Å². The molecule has 0 radical (unpaired) electrons. The Kier molecular flexibility index (Phi) is 6.04. The first kappa shape index (κ1) is 20.0. The number of nitrogens with zero attached hydrogens (tertiary/aromatic N) is 3. The van der Waals surface area contributed by atoms with Gasteiger partial charge in [0.05, 0.1) is 36.6 Å². The smallest absolute Gasteiger partial charge is 0.254 e. The van der Waals surface area contributed by atoms with Crippen LogP contribution < -0.4 is 10.1 Å². The van der Waals surface area contributed by atoms with E-state index in [2.05, 4.69) is 15.4 Å². The van der Waals surface area contributed by atoms with Crippen molar-refractivity contribution in [2.24, 2.45) is 0 Å². The van der Waals surface area contributed by atoms with Crippen LogP contribution in [0.3, 0.4) is 0 Å². The lowest BCUT2D eigenvalue weighted by molar-refractivity contribution is 0.0954. The number of thioether (sulfide) groups is 1. The Morgan fingerprint density at radius 1 is 1.23 bits per heavy atom. The first-order valence-corrected chi connectivity index (χ1v) is 10.7. The van der Waals surface area contributed by atoms with Crippen LogP contribution in [0.4, 0.5) is 0 Å². The minimum atomic E-state index is -0.151. The lowest BCUT2D eigenvalue weighted by Crippen LogP contribution is -2.27. The van der Waals surface area contributed by atoms with Gasteiger partial charge in [-0.3, -0.25) is 4.79 Å². The van der Waals surface area contributed by atoms with Crippen molar-refractivity contribution in [2.45, 2.75) is 12.7 Å². The molecule has 7 nitrogen and oxygen atoms in total. The number of benzene rings is 1. The molecule has 0 aliphatic carbocycles. The average molecular weight is 423 g/mol. The molecule has 1 aromatic carbocycles. The number of amides is 1. The molecule has 8 heteroatoms. The van der Waals surface area contributed by atoms with E-state index in [1.165, 1.54) is 0 Å². The van der Waals surface area contributed by atoms with Gasteiger partial charge < -0.3 is 14.5 Å². The summed E-state index contributed by atoms with van der Waals surface area (Å²) in [6.07, 6.45) is 5.05. The van der Waals surface area contributed by atoms with E-state index in [-0.39, 0.29) is 5.91 Å². The van der Waals surface area contributed by atoms with Crippen LogP contribution in [0.5, 0.6) is 5.75 Å². The van der Waals surface area contributed by atoms with Gasteiger partial charge in [0.25, 0.3) is 5.91 Å². The first-order chi connectivity index (χ1) is 14.7. The molecule has 3 heterocycles. The summed E-state index contributed by atoms with van der Waals surface area (Å²) in [5.74, 6) is 3.16. The fourth-order valence-corrected chi connectivity index (χ4v) is 3.90. The van der Waals surface area contributed by atoms with E-state index in [1.807, 2.05) is 43.3 Å². The Balaban J connectivity index is 1.43. The molecule has 0 fully saturated rings. The van der Waals surface area contributed by atoms with Crippen LogP contribution in [-0.2, 0) is 5.75 Å². The topological polar surface area (TPSA) is 81.7 Å². The lowest BCUT2D eigenvalue weighted by Gasteiger charge is -2.09. The van der Waals surface area contributed by atoms with Crippen LogP contribution in [0.2, 0.25) is 0 Å². The zero-order chi connectivity index (χ0) is 20.9. The number of fused-ring (bicyclic) bond motifs is 1. The van der Waals surface area contributed by atoms with Crippen LogP contribution >= 0.6 is 11.8 Å². The third kappa shape index (κ3) is 4.18. The number of carbonyl (C=O) groups is 1. The Hall–Kier alpha value is -3.26. The Morgan fingerprint density at radius 2 is 2.07 bits per heavy atom. The molecule has 1 N–H and O–H groups in total. The van der Waals surface area contributed by atoms with Crippen molar-refractivity contribution in [1.82, 2.24) is 19.9 Å². The largest absolute Gasteiger partial charge is 0.497 e. The van der Waals surface area contributed by atoms with Crippen LogP contribution in [0.15, 0.2) is 59.5 Å². The summed E-state index contributed by atoms with van der Waals surface area (Å²) in [7, 11) is 1.64. The Morgan fingerprint density at radius 3 is 2.80 bits per heavy atom. The molecule has 1 amide bonds. The maximum absolute atomic E-state index is 12.6. The van der Waals surface area contributed by atoms with E-state index in [1.54, 1.807) is 42.0 Å². The summed E-state index contributed by atoms with van der Waals surface area (Å²) < 4.78 is 12.2. The molecular formula is C22H22N4O3S. The highest BCUT2D eigenvalue weighted by molar-refractivity contribution is 7.98. The predicted molar refractivity (Wildman–Crippen MR) is 117 cm³/mol. The van der Waals surface area contributed by atoms with Crippen LogP contribution in [0.1, 0.15) is 21.8 Å². The number of ether oxygens (including phenoxy) is 1. The maximum atomic E-state index is 12.6. The standard InChI is InChI=1S/C22H22N4O3S/c1-15-19(22(27)23-9-11-30-14-18-4-3-10-29-18)12-24-21-20(13-25-26(15)21)16-5-7-17(28-2)8-6-16/h3-8,10,12-13H,9,11,14H2,1-2H3,(H,23,27). The Labute approximate surface area is 178 Å². The molecule has 30 heavy (non-hydrogen) atoms. The van der Waals surface area contributed by atoms with Crippen molar-refractivity contribution in [2.75, 3.05) is 19.4 Å². The third-order valence-corrected chi connectivity index (χ3v) is 5.75. The van der Waals surface area contributed by atoms with Gasteiger partial charge in [-0.2, -0.15) is 16.9 Å². The fourth-order valence-electron chi connectivity index (χ4n) is 3.14. The van der Waals surface area contributed by atoms with Crippen molar-refractivity contribution in [3.05, 3.63) is 72.1 Å². The quantitative estimate of drug-likeness (QED) is 0.433. The molecule has 4 rings (SSSR count). The second kappa shape index (κ2) is 9.04. The molecule has 0 aliphatic rings. The summed E-state index contributed by atoms with van der Waals surface area (Å²) >= 11 is 1.71. The molecule has 0 atom stereocenters. The first-order valence-electron chi connectivity index (χ1n) is 9.53. The zero-order valence-electron chi connectivity index (χ0n) is 16.8. The number of nitrogens with one attached hydrogen (secondary N) is 1. The number of hydrogen-bond donors (Lipinski definition) is 1. The molecule has 4 aromatic rings. The summed E-state index contributed by atoms with van der Waals surface area (Å²) in [4.78, 5) is 17.1. The molecule has 0 aliphatic heterocycles. The fraction of sp³-hybridized carbons (Fsp3) is 0.227. The van der Waals surface area contributed by atoms with Crippen molar-refractivity contribution < 1.29 is 13.9 Å². The van der Waals surface area contributed by atoms with Gasteiger partial charge in [-0.25, -0.2) is 9.50 Å². The molecule has 0 unspecified atom stereocenters. The summed E-state index contributed by atoms with van der Waals surface area (Å²) in [6, 6.07) is 11.6. The number of furan rings is 1. The SMILES string of the molecule is COc1ccc(-c2cnn3c(C)c(C(=O)NCCSCc4ccco4)cnc23)cc1. The van der Waals surface area contributed by atoms with Gasteiger partial charge in [-0.05, 0) is 36.8 Å². The molecular weight excluding hydrogens is 400 g/mol. The van der Waals surface area contributed by atoms with Crippen LogP contribution in [0, 0.1) is 6.92 Å². The van der Waals surface area contributed by atoms with E-state index in [4.69, 9.17) is 9.15 Å². The molecule has 0 saturated heterocycles. The second-order valence-electron chi connectivity index (χ2n) is 6.67. The summed E-state index contributed by atoms with van der Waals surface area (Å²) in [5, 5.41) is 7.40.